The molecule has 0 amide bonds. The van der Waals surface area contributed by atoms with E-state index in [1.165, 1.54) is 11.8 Å². The van der Waals surface area contributed by atoms with Gasteiger partial charge in [0.1, 0.15) is 4.66 Å². The molecule has 1 rings (SSSR count). The van der Waals surface area contributed by atoms with E-state index in [-0.39, 0.29) is 4.66 Å². The van der Waals surface area contributed by atoms with E-state index in [1.54, 1.807) is 12.1 Å². The first-order chi connectivity index (χ1) is 6.59. The van der Waals surface area contributed by atoms with Gasteiger partial charge >= 0.3 is 0 Å². The van der Waals surface area contributed by atoms with Gasteiger partial charge in [-0.25, -0.2) is 8.42 Å². The Kier molecular flexibility index (Phi) is 4.28. The minimum Gasteiger partial charge on any atom is -0.282 e. The summed E-state index contributed by atoms with van der Waals surface area (Å²) in [5.74, 6) is 0. The Balaban J connectivity index is 2.97. The summed E-state index contributed by atoms with van der Waals surface area (Å²) in [6.07, 6.45) is 1.90. The zero-order chi connectivity index (χ0) is 10.6. The van der Waals surface area contributed by atoms with Crippen molar-refractivity contribution in [3.63, 3.8) is 0 Å². The maximum Gasteiger partial charge on any atom is 0.242 e. The Bertz CT molecular complexity index is 406. The predicted octanol–water partition coefficient (Wildman–Crippen LogP) is 2.50. The van der Waals surface area contributed by atoms with Crippen molar-refractivity contribution >= 4 is 43.4 Å². The molecule has 1 aromatic carbocycles. The van der Waals surface area contributed by atoms with Crippen LogP contribution in [-0.2, 0) is 10.0 Å². The number of hydrogen-bond acceptors (Lipinski definition) is 3. The van der Waals surface area contributed by atoms with Gasteiger partial charge in [-0.05, 0) is 18.4 Å². The van der Waals surface area contributed by atoms with Gasteiger partial charge in [-0.1, -0.05) is 28.1 Å². The Hall–Kier alpha value is -0.200. The van der Waals surface area contributed by atoms with Crippen molar-refractivity contribution in [2.45, 2.75) is 4.90 Å². The summed E-state index contributed by atoms with van der Waals surface area (Å²) in [6, 6.07) is 7.28. The zero-order valence-electron chi connectivity index (χ0n) is 7.53. The smallest absolute Gasteiger partial charge is 0.242 e. The molecule has 1 aromatic rings. The molecule has 0 radical (unpaired) electrons. The average molecular weight is 296 g/mol. The lowest BCUT2D eigenvalue weighted by molar-refractivity contribution is 0.606. The van der Waals surface area contributed by atoms with Gasteiger partial charge in [-0.3, -0.25) is 4.72 Å². The second-order valence-electron chi connectivity index (χ2n) is 2.53. The molecular formula is C8H10BrNO2S2. The lowest BCUT2D eigenvalue weighted by atomic mass is 10.3. The maximum atomic E-state index is 11.3. The monoisotopic (exact) mass is 295 g/mol. The van der Waals surface area contributed by atoms with E-state index in [4.69, 9.17) is 0 Å². The molecule has 0 atom stereocenters. The van der Waals surface area contributed by atoms with Gasteiger partial charge in [0.25, 0.3) is 0 Å². The highest BCUT2D eigenvalue weighted by Crippen LogP contribution is 2.25. The van der Waals surface area contributed by atoms with Crippen molar-refractivity contribution in [2.24, 2.45) is 0 Å². The van der Waals surface area contributed by atoms with Crippen LogP contribution in [0.2, 0.25) is 0 Å². The number of nitrogens with one attached hydrogen (secondary N) is 1. The number of alkyl halides is 1. The predicted molar refractivity (Wildman–Crippen MR) is 64.6 cm³/mol. The van der Waals surface area contributed by atoms with Crippen LogP contribution < -0.4 is 4.72 Å². The zero-order valence-corrected chi connectivity index (χ0v) is 10.7. The molecule has 0 aliphatic heterocycles. The summed E-state index contributed by atoms with van der Waals surface area (Å²) < 4.78 is 24.9. The van der Waals surface area contributed by atoms with Gasteiger partial charge in [0.2, 0.25) is 10.0 Å². The second-order valence-corrected chi connectivity index (χ2v) is 6.40. The van der Waals surface area contributed by atoms with Crippen molar-refractivity contribution < 1.29 is 8.42 Å². The minimum absolute atomic E-state index is 0.0945. The van der Waals surface area contributed by atoms with E-state index in [2.05, 4.69) is 20.7 Å². The third-order valence-electron chi connectivity index (χ3n) is 1.52. The van der Waals surface area contributed by atoms with Crippen LogP contribution in [0.4, 0.5) is 5.69 Å². The molecule has 0 fully saturated rings. The number of sulfonamides is 1. The van der Waals surface area contributed by atoms with E-state index in [0.29, 0.717) is 5.69 Å². The second kappa shape index (κ2) is 5.04. The highest BCUT2D eigenvalue weighted by atomic mass is 79.9. The summed E-state index contributed by atoms with van der Waals surface area (Å²) in [5.41, 5.74) is 0.624. The summed E-state index contributed by atoms with van der Waals surface area (Å²) in [7, 11) is -3.25. The summed E-state index contributed by atoms with van der Waals surface area (Å²) in [5, 5.41) is 0. The third-order valence-corrected chi connectivity index (χ3v) is 4.94. The van der Waals surface area contributed by atoms with Crippen molar-refractivity contribution in [3.8, 4) is 0 Å². The molecule has 0 saturated carbocycles. The van der Waals surface area contributed by atoms with E-state index >= 15 is 0 Å². The van der Waals surface area contributed by atoms with Crippen LogP contribution in [0.3, 0.4) is 0 Å². The van der Waals surface area contributed by atoms with E-state index in [9.17, 15) is 8.42 Å². The third kappa shape index (κ3) is 3.18. The standard InChI is InChI=1S/C8H10BrNO2S2/c1-13-8-5-3-2-4-7(8)10-14(11,12)6-9/h2-5,10H,6H2,1H3. The first kappa shape index (κ1) is 11.9. The molecular weight excluding hydrogens is 286 g/mol. The largest absolute Gasteiger partial charge is 0.282 e. The Morgan fingerprint density at radius 3 is 2.64 bits per heavy atom. The number of benzene rings is 1. The number of halogens is 1. The molecule has 0 bridgehead atoms. The first-order valence-corrected chi connectivity index (χ1v) is 7.78. The topological polar surface area (TPSA) is 46.2 Å². The maximum absolute atomic E-state index is 11.3. The summed E-state index contributed by atoms with van der Waals surface area (Å²) >= 11 is 4.42. The fourth-order valence-corrected chi connectivity index (χ4v) is 2.45. The first-order valence-electron chi connectivity index (χ1n) is 3.78. The van der Waals surface area contributed by atoms with Crippen LogP contribution in [0.5, 0.6) is 0 Å². The molecule has 0 aliphatic carbocycles. The Morgan fingerprint density at radius 2 is 2.07 bits per heavy atom. The molecule has 0 saturated heterocycles. The molecule has 0 spiro atoms. The molecule has 14 heavy (non-hydrogen) atoms. The van der Waals surface area contributed by atoms with Crippen LogP contribution in [0.1, 0.15) is 0 Å². The molecule has 0 heterocycles. The Morgan fingerprint density at radius 1 is 1.43 bits per heavy atom. The fraction of sp³-hybridized carbons (Fsp3) is 0.250. The molecule has 78 valence electrons. The molecule has 6 heteroatoms. The highest BCUT2D eigenvalue weighted by molar-refractivity contribution is 9.10. The van der Waals surface area contributed by atoms with Gasteiger partial charge < -0.3 is 0 Å². The van der Waals surface area contributed by atoms with E-state index < -0.39 is 10.0 Å². The van der Waals surface area contributed by atoms with Gasteiger partial charge in [0.15, 0.2) is 0 Å². The van der Waals surface area contributed by atoms with Crippen molar-refractivity contribution in [1.82, 2.24) is 0 Å². The van der Waals surface area contributed by atoms with Crippen molar-refractivity contribution in [3.05, 3.63) is 24.3 Å². The van der Waals surface area contributed by atoms with Crippen LogP contribution in [0.15, 0.2) is 29.2 Å². The molecule has 0 aromatic heterocycles. The number of thioether (sulfide) groups is 1. The summed E-state index contributed by atoms with van der Waals surface area (Å²) in [6.45, 7) is 0. The van der Waals surface area contributed by atoms with Crippen LogP contribution in [-0.4, -0.2) is 19.3 Å². The molecule has 3 nitrogen and oxygen atoms in total. The fourth-order valence-electron chi connectivity index (χ4n) is 0.924. The van der Waals surface area contributed by atoms with E-state index in [1.807, 2.05) is 18.4 Å². The number of hydrogen-bond donors (Lipinski definition) is 1. The normalized spacial score (nSPS) is 11.3. The van der Waals surface area contributed by atoms with Crippen molar-refractivity contribution in [1.29, 1.82) is 0 Å². The van der Waals surface area contributed by atoms with Crippen LogP contribution in [0.25, 0.3) is 0 Å². The number of para-hydroxylation sites is 1. The number of anilines is 1. The van der Waals surface area contributed by atoms with Crippen LogP contribution in [0, 0.1) is 0 Å². The lowest BCUT2D eigenvalue weighted by Gasteiger charge is -2.08. The number of rotatable bonds is 4. The van der Waals surface area contributed by atoms with Crippen LogP contribution >= 0.6 is 27.7 Å². The van der Waals surface area contributed by atoms with Gasteiger partial charge in [-0.15, -0.1) is 11.8 Å². The van der Waals surface area contributed by atoms with Crippen molar-refractivity contribution in [2.75, 3.05) is 15.6 Å². The SMILES string of the molecule is CSc1ccccc1NS(=O)(=O)CBr. The lowest BCUT2D eigenvalue weighted by Crippen LogP contribution is -2.13. The summed E-state index contributed by atoms with van der Waals surface area (Å²) in [4.78, 5) is 0.914. The Labute approximate surface area is 96.5 Å². The molecule has 0 aliphatic rings. The van der Waals surface area contributed by atoms with Gasteiger partial charge in [0, 0.05) is 4.90 Å². The minimum atomic E-state index is -3.25. The van der Waals surface area contributed by atoms with Gasteiger partial charge in [-0.2, -0.15) is 0 Å². The van der Waals surface area contributed by atoms with E-state index in [0.717, 1.165) is 4.90 Å². The molecule has 0 unspecified atom stereocenters. The molecule has 1 N–H and O–H groups in total. The highest BCUT2D eigenvalue weighted by Gasteiger charge is 2.09. The average Bonchev–Trinajstić information content (AvgIpc) is 2.18. The van der Waals surface area contributed by atoms with Gasteiger partial charge in [0.05, 0.1) is 5.69 Å². The quantitative estimate of drug-likeness (QED) is 0.686.